The van der Waals surface area contributed by atoms with E-state index in [2.05, 4.69) is 5.32 Å². The molecule has 98 valence electrons. The molecule has 0 heterocycles. The van der Waals surface area contributed by atoms with Gasteiger partial charge in [-0.15, -0.1) is 11.6 Å². The number of nitro benzene ring substituents is 1. The first kappa shape index (κ1) is 14.4. The van der Waals surface area contributed by atoms with Gasteiger partial charge in [-0.1, -0.05) is 13.0 Å². The SMILES string of the molecule is CCC(Cl)CNC(=O)c1ccc(C)c([N+](=O)[O-])c1. The number of nitro groups is 1. The Balaban J connectivity index is 2.80. The standard InChI is InChI=1S/C12H15ClN2O3/c1-3-10(13)7-14-12(16)9-5-4-8(2)11(6-9)15(17)18/h4-6,10H,3,7H2,1-2H3,(H,14,16). The van der Waals surface area contributed by atoms with Crippen LogP contribution in [0.3, 0.4) is 0 Å². The minimum absolute atomic E-state index is 0.0550. The van der Waals surface area contributed by atoms with Gasteiger partial charge in [0.25, 0.3) is 11.6 Å². The predicted octanol–water partition coefficient (Wildman–Crippen LogP) is 2.65. The molecule has 0 saturated heterocycles. The molecule has 0 aliphatic carbocycles. The van der Waals surface area contributed by atoms with Crippen molar-refractivity contribution < 1.29 is 9.72 Å². The molecule has 0 spiro atoms. The Bertz CT molecular complexity index is 463. The third-order valence-corrected chi connectivity index (χ3v) is 3.06. The van der Waals surface area contributed by atoms with Gasteiger partial charge in [-0.2, -0.15) is 0 Å². The molecular weight excluding hydrogens is 256 g/mol. The number of hydrogen-bond donors (Lipinski definition) is 1. The summed E-state index contributed by atoms with van der Waals surface area (Å²) in [5, 5.41) is 13.3. The van der Waals surface area contributed by atoms with Crippen molar-refractivity contribution in [2.75, 3.05) is 6.54 Å². The van der Waals surface area contributed by atoms with Crippen molar-refractivity contribution in [2.45, 2.75) is 25.6 Å². The Labute approximate surface area is 110 Å². The smallest absolute Gasteiger partial charge is 0.273 e. The molecule has 1 rings (SSSR count). The summed E-state index contributed by atoms with van der Waals surface area (Å²) in [5.41, 5.74) is 0.744. The number of nitrogens with one attached hydrogen (secondary N) is 1. The van der Waals surface area contributed by atoms with Crippen LogP contribution in [0.25, 0.3) is 0 Å². The van der Waals surface area contributed by atoms with Crippen molar-refractivity contribution in [2.24, 2.45) is 0 Å². The van der Waals surface area contributed by atoms with Crippen LogP contribution in [-0.2, 0) is 0 Å². The van der Waals surface area contributed by atoms with Gasteiger partial charge in [-0.05, 0) is 19.4 Å². The summed E-state index contributed by atoms with van der Waals surface area (Å²) in [6.07, 6.45) is 0.746. The van der Waals surface area contributed by atoms with Crippen LogP contribution < -0.4 is 5.32 Å². The maximum atomic E-state index is 11.8. The van der Waals surface area contributed by atoms with Gasteiger partial charge in [0.2, 0.25) is 0 Å². The molecule has 1 aromatic carbocycles. The maximum Gasteiger partial charge on any atom is 0.273 e. The molecule has 0 radical (unpaired) electrons. The van der Waals surface area contributed by atoms with Crippen LogP contribution in [0.5, 0.6) is 0 Å². The zero-order chi connectivity index (χ0) is 13.7. The molecule has 0 aliphatic heterocycles. The largest absolute Gasteiger partial charge is 0.351 e. The van der Waals surface area contributed by atoms with Gasteiger partial charge in [-0.25, -0.2) is 0 Å². The summed E-state index contributed by atoms with van der Waals surface area (Å²) < 4.78 is 0. The minimum atomic E-state index is -0.498. The third kappa shape index (κ3) is 3.70. The number of hydrogen-bond acceptors (Lipinski definition) is 3. The van der Waals surface area contributed by atoms with E-state index in [1.807, 2.05) is 6.92 Å². The van der Waals surface area contributed by atoms with E-state index in [-0.39, 0.29) is 22.5 Å². The molecule has 0 bridgehead atoms. The second-order valence-corrected chi connectivity index (χ2v) is 4.59. The number of alkyl halides is 1. The fraction of sp³-hybridized carbons (Fsp3) is 0.417. The van der Waals surface area contributed by atoms with Crippen molar-refractivity contribution in [1.29, 1.82) is 0 Å². The minimum Gasteiger partial charge on any atom is -0.351 e. The molecule has 1 aromatic rings. The lowest BCUT2D eigenvalue weighted by Crippen LogP contribution is -2.29. The van der Waals surface area contributed by atoms with E-state index in [0.717, 1.165) is 6.42 Å². The molecule has 0 aromatic heterocycles. The Kier molecular flexibility index (Phi) is 5.09. The molecule has 0 aliphatic rings. The number of carbonyl (C=O) groups is 1. The summed E-state index contributed by atoms with van der Waals surface area (Å²) in [7, 11) is 0. The van der Waals surface area contributed by atoms with Gasteiger partial charge in [0, 0.05) is 23.7 Å². The molecule has 6 heteroatoms. The number of amides is 1. The number of aryl methyl sites for hydroxylation is 1. The van der Waals surface area contributed by atoms with E-state index in [1.165, 1.54) is 6.07 Å². The number of halogens is 1. The highest BCUT2D eigenvalue weighted by Gasteiger charge is 2.15. The second-order valence-electron chi connectivity index (χ2n) is 3.97. The molecule has 1 unspecified atom stereocenters. The fourth-order valence-electron chi connectivity index (χ4n) is 1.40. The maximum absolute atomic E-state index is 11.8. The van der Waals surface area contributed by atoms with Gasteiger partial charge < -0.3 is 5.32 Å². The van der Waals surface area contributed by atoms with Crippen LogP contribution in [-0.4, -0.2) is 22.8 Å². The predicted molar refractivity (Wildman–Crippen MR) is 70.1 cm³/mol. The zero-order valence-corrected chi connectivity index (χ0v) is 11.0. The molecular formula is C12H15ClN2O3. The van der Waals surface area contributed by atoms with E-state index in [1.54, 1.807) is 19.1 Å². The highest BCUT2D eigenvalue weighted by molar-refractivity contribution is 6.20. The Morgan fingerprint density at radius 2 is 2.22 bits per heavy atom. The number of nitrogens with zero attached hydrogens (tertiary/aromatic N) is 1. The van der Waals surface area contributed by atoms with Crippen LogP contribution in [0, 0.1) is 17.0 Å². The number of carbonyl (C=O) groups excluding carboxylic acids is 1. The van der Waals surface area contributed by atoms with Crippen molar-refractivity contribution in [3.63, 3.8) is 0 Å². The van der Waals surface area contributed by atoms with Crippen LogP contribution in [0.15, 0.2) is 18.2 Å². The summed E-state index contributed by atoms with van der Waals surface area (Å²) in [4.78, 5) is 22.0. The summed E-state index contributed by atoms with van der Waals surface area (Å²) in [6.45, 7) is 3.89. The monoisotopic (exact) mass is 270 g/mol. The first-order chi connectivity index (χ1) is 8.45. The average molecular weight is 271 g/mol. The van der Waals surface area contributed by atoms with Crippen molar-refractivity contribution in [3.05, 3.63) is 39.4 Å². The highest BCUT2D eigenvalue weighted by Crippen LogP contribution is 2.19. The molecule has 5 nitrogen and oxygen atoms in total. The van der Waals surface area contributed by atoms with E-state index in [0.29, 0.717) is 12.1 Å². The van der Waals surface area contributed by atoms with E-state index in [4.69, 9.17) is 11.6 Å². The van der Waals surface area contributed by atoms with Crippen molar-refractivity contribution in [1.82, 2.24) is 5.32 Å². The third-order valence-electron chi connectivity index (χ3n) is 2.60. The summed E-state index contributed by atoms with van der Waals surface area (Å²) in [5.74, 6) is -0.350. The number of rotatable bonds is 5. The van der Waals surface area contributed by atoms with Gasteiger partial charge in [0.1, 0.15) is 0 Å². The van der Waals surface area contributed by atoms with Crippen LogP contribution in [0.2, 0.25) is 0 Å². The lowest BCUT2D eigenvalue weighted by molar-refractivity contribution is -0.385. The van der Waals surface area contributed by atoms with Gasteiger partial charge >= 0.3 is 0 Å². The summed E-state index contributed by atoms with van der Waals surface area (Å²) >= 11 is 5.88. The van der Waals surface area contributed by atoms with Crippen LogP contribution >= 0.6 is 11.6 Å². The van der Waals surface area contributed by atoms with Crippen LogP contribution in [0.4, 0.5) is 5.69 Å². The number of benzene rings is 1. The Morgan fingerprint density at radius 1 is 1.56 bits per heavy atom. The molecule has 1 atom stereocenters. The normalized spacial score (nSPS) is 11.9. The Hall–Kier alpha value is -1.62. The van der Waals surface area contributed by atoms with E-state index in [9.17, 15) is 14.9 Å². The Morgan fingerprint density at radius 3 is 2.78 bits per heavy atom. The average Bonchev–Trinajstić information content (AvgIpc) is 2.35. The van der Waals surface area contributed by atoms with Gasteiger partial charge in [0.15, 0.2) is 0 Å². The molecule has 1 N–H and O–H groups in total. The molecule has 0 fully saturated rings. The first-order valence-electron chi connectivity index (χ1n) is 5.63. The lowest BCUT2D eigenvalue weighted by atomic mass is 10.1. The van der Waals surface area contributed by atoms with Gasteiger partial charge in [-0.3, -0.25) is 14.9 Å². The molecule has 0 saturated carbocycles. The van der Waals surface area contributed by atoms with Gasteiger partial charge in [0.05, 0.1) is 10.3 Å². The highest BCUT2D eigenvalue weighted by atomic mass is 35.5. The zero-order valence-electron chi connectivity index (χ0n) is 10.3. The van der Waals surface area contributed by atoms with E-state index < -0.39 is 4.92 Å². The summed E-state index contributed by atoms with van der Waals surface area (Å²) in [6, 6.07) is 4.40. The van der Waals surface area contributed by atoms with Crippen molar-refractivity contribution >= 4 is 23.2 Å². The second kappa shape index (κ2) is 6.35. The van der Waals surface area contributed by atoms with Crippen LogP contribution in [0.1, 0.15) is 29.3 Å². The first-order valence-corrected chi connectivity index (χ1v) is 6.06. The van der Waals surface area contributed by atoms with Crippen molar-refractivity contribution in [3.8, 4) is 0 Å². The molecule has 1 amide bonds. The topological polar surface area (TPSA) is 72.2 Å². The van der Waals surface area contributed by atoms with E-state index >= 15 is 0 Å². The quantitative estimate of drug-likeness (QED) is 0.508. The lowest BCUT2D eigenvalue weighted by Gasteiger charge is -2.08. The fourth-order valence-corrected chi connectivity index (χ4v) is 1.47. The molecule has 18 heavy (non-hydrogen) atoms.